The summed E-state index contributed by atoms with van der Waals surface area (Å²) in [6.07, 6.45) is 2.81. The molecule has 25 heavy (non-hydrogen) atoms. The maximum absolute atomic E-state index is 12.3. The van der Waals surface area contributed by atoms with Crippen molar-refractivity contribution in [3.63, 3.8) is 0 Å². The molecule has 7 heteroatoms. The van der Waals surface area contributed by atoms with E-state index in [1.54, 1.807) is 7.05 Å². The second kappa shape index (κ2) is 9.44. The Morgan fingerprint density at radius 1 is 1.48 bits per heavy atom. The van der Waals surface area contributed by atoms with Gasteiger partial charge < -0.3 is 20.1 Å². The molecule has 0 radical (unpaired) electrons. The van der Waals surface area contributed by atoms with Crippen molar-refractivity contribution in [1.82, 2.24) is 20.7 Å². The number of likely N-dealkylation sites (tertiary alicyclic amines) is 1. The number of hydrogen-bond acceptors (Lipinski definition) is 4. The molecule has 2 heterocycles. The Morgan fingerprint density at radius 2 is 2.28 bits per heavy atom. The molecule has 0 bridgehead atoms. The first kappa shape index (κ1) is 19.3. The lowest BCUT2D eigenvalue weighted by Gasteiger charge is -2.31. The standard InChI is InChI=1S/C18H31N5O2/c1-13(2)16-10-15(25-22-16)11-21-18(19-4)20-8-7-17(24)23-9-5-6-14(3)12-23/h10,13-14H,5-9,11-12H2,1-4H3,(H2,19,20,21). The Kier molecular flexibility index (Phi) is 7.28. The number of carbonyl (C=O) groups is 1. The summed E-state index contributed by atoms with van der Waals surface area (Å²) in [7, 11) is 1.71. The van der Waals surface area contributed by atoms with Crippen LogP contribution in [0.15, 0.2) is 15.6 Å². The number of aliphatic imine (C=N–C) groups is 1. The molecule has 1 saturated heterocycles. The van der Waals surface area contributed by atoms with Crippen molar-refractivity contribution in [2.45, 2.75) is 52.5 Å². The number of piperidine rings is 1. The molecule has 1 aromatic rings. The van der Waals surface area contributed by atoms with Crippen molar-refractivity contribution >= 4 is 11.9 Å². The molecule has 0 aliphatic carbocycles. The Bertz CT molecular complexity index is 582. The minimum Gasteiger partial charge on any atom is -0.359 e. The van der Waals surface area contributed by atoms with E-state index in [9.17, 15) is 4.79 Å². The van der Waals surface area contributed by atoms with Gasteiger partial charge in [0.25, 0.3) is 0 Å². The molecule has 2 N–H and O–H groups in total. The molecule has 1 aliphatic rings. The van der Waals surface area contributed by atoms with Gasteiger partial charge in [-0.05, 0) is 24.7 Å². The lowest BCUT2D eigenvalue weighted by atomic mass is 10.00. The SMILES string of the molecule is CN=C(NCCC(=O)N1CCCC(C)C1)NCc1cc(C(C)C)no1. The van der Waals surface area contributed by atoms with Gasteiger partial charge in [0.05, 0.1) is 12.2 Å². The van der Waals surface area contributed by atoms with Gasteiger partial charge in [0.2, 0.25) is 5.91 Å². The summed E-state index contributed by atoms with van der Waals surface area (Å²) in [4.78, 5) is 18.4. The van der Waals surface area contributed by atoms with Gasteiger partial charge in [0, 0.05) is 39.2 Å². The van der Waals surface area contributed by atoms with Crippen molar-refractivity contribution in [2.24, 2.45) is 10.9 Å². The number of guanidine groups is 1. The quantitative estimate of drug-likeness (QED) is 0.607. The van der Waals surface area contributed by atoms with E-state index in [2.05, 4.69) is 41.6 Å². The van der Waals surface area contributed by atoms with Crippen LogP contribution in [0.25, 0.3) is 0 Å². The third-order valence-electron chi connectivity index (χ3n) is 4.46. The maximum Gasteiger partial charge on any atom is 0.224 e. The highest BCUT2D eigenvalue weighted by Crippen LogP contribution is 2.16. The molecule has 140 valence electrons. The van der Waals surface area contributed by atoms with Crippen LogP contribution >= 0.6 is 0 Å². The molecule has 1 atom stereocenters. The molecule has 1 aliphatic heterocycles. The second-order valence-electron chi connectivity index (χ2n) is 7.06. The fourth-order valence-electron chi connectivity index (χ4n) is 2.94. The zero-order chi connectivity index (χ0) is 18.2. The smallest absolute Gasteiger partial charge is 0.224 e. The van der Waals surface area contributed by atoms with Crippen LogP contribution in [0.1, 0.15) is 57.4 Å². The van der Waals surface area contributed by atoms with Crippen molar-refractivity contribution in [3.8, 4) is 0 Å². The van der Waals surface area contributed by atoms with E-state index in [1.807, 2.05) is 11.0 Å². The number of nitrogens with one attached hydrogen (secondary N) is 2. The van der Waals surface area contributed by atoms with Crippen molar-refractivity contribution < 1.29 is 9.32 Å². The van der Waals surface area contributed by atoms with Gasteiger partial charge in [-0.3, -0.25) is 9.79 Å². The van der Waals surface area contributed by atoms with Crippen molar-refractivity contribution in [3.05, 3.63) is 17.5 Å². The van der Waals surface area contributed by atoms with Crippen LogP contribution in [0.5, 0.6) is 0 Å². The maximum atomic E-state index is 12.3. The van der Waals surface area contributed by atoms with Crippen molar-refractivity contribution in [2.75, 3.05) is 26.7 Å². The van der Waals surface area contributed by atoms with E-state index in [0.29, 0.717) is 37.3 Å². The molecular formula is C18H31N5O2. The normalized spacial score (nSPS) is 18.5. The summed E-state index contributed by atoms with van der Waals surface area (Å²) < 4.78 is 5.30. The highest BCUT2D eigenvalue weighted by atomic mass is 16.5. The number of aromatic nitrogens is 1. The molecule has 2 rings (SSSR count). The molecule has 1 fully saturated rings. The minimum absolute atomic E-state index is 0.214. The zero-order valence-corrected chi connectivity index (χ0v) is 15.8. The minimum atomic E-state index is 0.214. The molecule has 1 amide bonds. The van der Waals surface area contributed by atoms with Gasteiger partial charge in [0.15, 0.2) is 11.7 Å². The lowest BCUT2D eigenvalue weighted by molar-refractivity contribution is -0.132. The first-order chi connectivity index (χ1) is 12.0. The zero-order valence-electron chi connectivity index (χ0n) is 15.8. The van der Waals surface area contributed by atoms with E-state index in [0.717, 1.165) is 31.0 Å². The average Bonchev–Trinajstić information content (AvgIpc) is 3.07. The van der Waals surface area contributed by atoms with E-state index < -0.39 is 0 Å². The summed E-state index contributed by atoms with van der Waals surface area (Å²) in [6.45, 7) is 9.21. The largest absolute Gasteiger partial charge is 0.359 e. The Balaban J connectivity index is 1.70. The number of rotatable bonds is 6. The van der Waals surface area contributed by atoms with Crippen LogP contribution in [-0.2, 0) is 11.3 Å². The number of amides is 1. The lowest BCUT2D eigenvalue weighted by Crippen LogP contribution is -2.42. The molecule has 1 unspecified atom stereocenters. The second-order valence-corrected chi connectivity index (χ2v) is 7.06. The summed E-state index contributed by atoms with van der Waals surface area (Å²) in [5.74, 6) is 2.59. The fraction of sp³-hybridized carbons (Fsp3) is 0.722. The van der Waals surface area contributed by atoms with E-state index in [-0.39, 0.29) is 5.91 Å². The molecule has 0 aromatic carbocycles. The highest BCUT2D eigenvalue weighted by molar-refractivity contribution is 5.81. The fourth-order valence-corrected chi connectivity index (χ4v) is 2.94. The predicted molar refractivity (Wildman–Crippen MR) is 98.4 cm³/mol. The van der Waals surface area contributed by atoms with E-state index >= 15 is 0 Å². The Morgan fingerprint density at radius 3 is 2.92 bits per heavy atom. The van der Waals surface area contributed by atoms with Crippen LogP contribution in [0.3, 0.4) is 0 Å². The Hall–Kier alpha value is -2.05. The van der Waals surface area contributed by atoms with Crippen LogP contribution in [0.2, 0.25) is 0 Å². The Labute approximate surface area is 150 Å². The summed E-state index contributed by atoms with van der Waals surface area (Å²) in [6, 6.07) is 1.95. The predicted octanol–water partition coefficient (Wildman–Crippen LogP) is 2.11. The number of carbonyl (C=O) groups excluding carboxylic acids is 1. The van der Waals surface area contributed by atoms with E-state index in [4.69, 9.17) is 4.52 Å². The van der Waals surface area contributed by atoms with Gasteiger partial charge in [-0.25, -0.2) is 0 Å². The molecular weight excluding hydrogens is 318 g/mol. The molecule has 0 spiro atoms. The van der Waals surface area contributed by atoms with Gasteiger partial charge >= 0.3 is 0 Å². The van der Waals surface area contributed by atoms with Gasteiger partial charge in [-0.1, -0.05) is 25.9 Å². The average molecular weight is 349 g/mol. The summed E-state index contributed by atoms with van der Waals surface area (Å²) in [5, 5.41) is 10.4. The number of hydrogen-bond donors (Lipinski definition) is 2. The van der Waals surface area contributed by atoms with Crippen molar-refractivity contribution in [1.29, 1.82) is 0 Å². The van der Waals surface area contributed by atoms with Gasteiger partial charge in [0.1, 0.15) is 0 Å². The van der Waals surface area contributed by atoms with Crippen LogP contribution < -0.4 is 10.6 Å². The van der Waals surface area contributed by atoms with Crippen LogP contribution in [0.4, 0.5) is 0 Å². The van der Waals surface area contributed by atoms with Crippen LogP contribution in [0, 0.1) is 5.92 Å². The van der Waals surface area contributed by atoms with Gasteiger partial charge in [-0.2, -0.15) is 0 Å². The topological polar surface area (TPSA) is 82.8 Å². The third-order valence-corrected chi connectivity index (χ3v) is 4.46. The van der Waals surface area contributed by atoms with Gasteiger partial charge in [-0.15, -0.1) is 0 Å². The summed E-state index contributed by atoms with van der Waals surface area (Å²) in [5.41, 5.74) is 0.945. The van der Waals surface area contributed by atoms with E-state index in [1.165, 1.54) is 6.42 Å². The summed E-state index contributed by atoms with van der Waals surface area (Å²) >= 11 is 0. The molecule has 1 aromatic heterocycles. The van der Waals surface area contributed by atoms with Crippen LogP contribution in [-0.4, -0.2) is 48.6 Å². The first-order valence-corrected chi connectivity index (χ1v) is 9.17. The first-order valence-electron chi connectivity index (χ1n) is 9.17. The number of nitrogens with zero attached hydrogens (tertiary/aromatic N) is 3. The molecule has 7 nitrogen and oxygen atoms in total. The highest BCUT2D eigenvalue weighted by Gasteiger charge is 2.20. The third kappa shape index (κ3) is 6.07. The monoisotopic (exact) mass is 349 g/mol. The molecule has 0 saturated carbocycles.